The van der Waals surface area contributed by atoms with E-state index in [1.807, 2.05) is 0 Å². The van der Waals surface area contributed by atoms with Crippen LogP contribution in [0.4, 0.5) is 0 Å². The fraction of sp³-hybridized carbons (Fsp3) is 0.615. The van der Waals surface area contributed by atoms with Crippen molar-refractivity contribution in [2.24, 2.45) is 11.5 Å². The molecular formula is C13H22N4O7S. The number of carboxylic acids is 2. The van der Waals surface area contributed by atoms with Gasteiger partial charge in [-0.05, 0) is 12.8 Å². The van der Waals surface area contributed by atoms with E-state index in [-0.39, 0.29) is 25.0 Å². The van der Waals surface area contributed by atoms with Crippen molar-refractivity contribution >= 4 is 42.3 Å². The standard InChI is InChI=1S/C13H22N4O7S/c14-6(5-25)11(21)16-7(2-4-10(19)20)12(22)17-8(13(23)24)1-3-9(15)18/h6-8,25H,1-5,14H2,(H2,15,18)(H,16,21)(H,17,22)(H,19,20)(H,23,24). The van der Waals surface area contributed by atoms with Gasteiger partial charge in [0.05, 0.1) is 6.04 Å². The highest BCUT2D eigenvalue weighted by Crippen LogP contribution is 2.03. The molecule has 0 saturated carbocycles. The second-order valence-electron chi connectivity index (χ2n) is 5.19. The molecule has 3 atom stereocenters. The lowest BCUT2D eigenvalue weighted by atomic mass is 10.1. The van der Waals surface area contributed by atoms with Gasteiger partial charge in [0.1, 0.15) is 12.1 Å². The second kappa shape index (κ2) is 11.3. The normalized spacial score (nSPS) is 14.0. The summed E-state index contributed by atoms with van der Waals surface area (Å²) < 4.78 is 0. The molecule has 0 aliphatic carbocycles. The first-order valence-electron chi connectivity index (χ1n) is 7.28. The number of thiol groups is 1. The average Bonchev–Trinajstić information content (AvgIpc) is 2.53. The van der Waals surface area contributed by atoms with Crippen molar-refractivity contribution in [3.8, 4) is 0 Å². The van der Waals surface area contributed by atoms with Crippen LogP contribution in [0.3, 0.4) is 0 Å². The van der Waals surface area contributed by atoms with E-state index in [0.29, 0.717) is 0 Å². The van der Waals surface area contributed by atoms with Gasteiger partial charge < -0.3 is 32.3 Å². The molecule has 3 unspecified atom stereocenters. The highest BCUT2D eigenvalue weighted by Gasteiger charge is 2.28. The number of aliphatic carboxylic acids is 2. The van der Waals surface area contributed by atoms with Crippen LogP contribution in [0.2, 0.25) is 0 Å². The molecule has 12 heteroatoms. The molecular weight excluding hydrogens is 356 g/mol. The summed E-state index contributed by atoms with van der Waals surface area (Å²) in [7, 11) is 0. The van der Waals surface area contributed by atoms with E-state index >= 15 is 0 Å². The first kappa shape index (κ1) is 22.7. The predicted molar refractivity (Wildman–Crippen MR) is 88.6 cm³/mol. The van der Waals surface area contributed by atoms with Crippen molar-refractivity contribution in [1.82, 2.24) is 10.6 Å². The minimum absolute atomic E-state index is 0.00450. The summed E-state index contributed by atoms with van der Waals surface area (Å²) in [6, 6.07) is -3.73. The van der Waals surface area contributed by atoms with Crippen molar-refractivity contribution in [3.63, 3.8) is 0 Å². The molecule has 11 nitrogen and oxygen atoms in total. The summed E-state index contributed by atoms with van der Waals surface area (Å²) in [6.07, 6.45) is -1.22. The van der Waals surface area contributed by atoms with Gasteiger partial charge in [0.2, 0.25) is 17.7 Å². The summed E-state index contributed by atoms with van der Waals surface area (Å²) in [5.41, 5.74) is 10.4. The third-order valence-corrected chi connectivity index (χ3v) is 3.50. The zero-order chi connectivity index (χ0) is 19.6. The summed E-state index contributed by atoms with van der Waals surface area (Å²) in [5, 5.41) is 22.2. The van der Waals surface area contributed by atoms with Gasteiger partial charge in [-0.3, -0.25) is 19.2 Å². The van der Waals surface area contributed by atoms with Crippen molar-refractivity contribution in [2.45, 2.75) is 43.8 Å². The van der Waals surface area contributed by atoms with Crippen molar-refractivity contribution in [3.05, 3.63) is 0 Å². The van der Waals surface area contributed by atoms with E-state index in [0.717, 1.165) is 0 Å². The second-order valence-corrected chi connectivity index (χ2v) is 5.55. The Balaban J connectivity index is 5.02. The number of nitrogens with two attached hydrogens (primary N) is 2. The predicted octanol–water partition coefficient (Wildman–Crippen LogP) is -2.57. The SMILES string of the molecule is NC(=O)CCC(NC(=O)C(CCC(=O)O)NC(=O)C(N)CS)C(=O)O. The van der Waals surface area contributed by atoms with Gasteiger partial charge >= 0.3 is 11.9 Å². The number of primary amides is 1. The molecule has 142 valence electrons. The molecule has 0 heterocycles. The van der Waals surface area contributed by atoms with Crippen LogP contribution in [0.15, 0.2) is 0 Å². The lowest BCUT2D eigenvalue weighted by Crippen LogP contribution is -2.55. The number of hydrogen-bond acceptors (Lipinski definition) is 7. The smallest absolute Gasteiger partial charge is 0.326 e. The van der Waals surface area contributed by atoms with Gasteiger partial charge in [-0.2, -0.15) is 12.6 Å². The van der Waals surface area contributed by atoms with Crippen LogP contribution in [0.5, 0.6) is 0 Å². The maximum absolute atomic E-state index is 12.2. The highest BCUT2D eigenvalue weighted by molar-refractivity contribution is 7.80. The lowest BCUT2D eigenvalue weighted by molar-refractivity contribution is -0.143. The van der Waals surface area contributed by atoms with Crippen LogP contribution in [0, 0.1) is 0 Å². The molecule has 0 radical (unpaired) electrons. The molecule has 0 aromatic rings. The minimum atomic E-state index is -1.41. The Hall–Kier alpha value is -2.34. The zero-order valence-electron chi connectivity index (χ0n) is 13.3. The van der Waals surface area contributed by atoms with Crippen LogP contribution in [0.25, 0.3) is 0 Å². The van der Waals surface area contributed by atoms with Gasteiger partial charge in [0, 0.05) is 18.6 Å². The Morgan fingerprint density at radius 2 is 1.44 bits per heavy atom. The van der Waals surface area contributed by atoms with E-state index < -0.39 is 54.2 Å². The molecule has 25 heavy (non-hydrogen) atoms. The number of carbonyl (C=O) groups is 5. The fourth-order valence-electron chi connectivity index (χ4n) is 1.71. The van der Waals surface area contributed by atoms with E-state index in [2.05, 4.69) is 23.3 Å². The molecule has 0 aromatic carbocycles. The Morgan fingerprint density at radius 3 is 1.88 bits per heavy atom. The molecule has 0 aliphatic heterocycles. The maximum Gasteiger partial charge on any atom is 0.326 e. The maximum atomic E-state index is 12.2. The summed E-state index contributed by atoms with van der Waals surface area (Å²) in [4.78, 5) is 56.5. The topological polar surface area (TPSA) is 202 Å². The van der Waals surface area contributed by atoms with E-state index in [9.17, 15) is 24.0 Å². The van der Waals surface area contributed by atoms with Gasteiger partial charge in [-0.1, -0.05) is 0 Å². The van der Waals surface area contributed by atoms with Gasteiger partial charge in [0.15, 0.2) is 0 Å². The van der Waals surface area contributed by atoms with Gasteiger partial charge in [0.25, 0.3) is 0 Å². The molecule has 0 spiro atoms. The monoisotopic (exact) mass is 378 g/mol. The Kier molecular flexibility index (Phi) is 10.2. The number of hydrogen-bond donors (Lipinski definition) is 7. The zero-order valence-corrected chi connectivity index (χ0v) is 14.2. The van der Waals surface area contributed by atoms with E-state index in [4.69, 9.17) is 21.7 Å². The highest BCUT2D eigenvalue weighted by atomic mass is 32.1. The molecule has 0 bridgehead atoms. The first-order valence-corrected chi connectivity index (χ1v) is 7.91. The Morgan fingerprint density at radius 1 is 0.920 bits per heavy atom. The molecule has 0 aliphatic rings. The first-order chi connectivity index (χ1) is 11.6. The largest absolute Gasteiger partial charge is 0.481 e. The number of amides is 3. The van der Waals surface area contributed by atoms with Crippen LogP contribution >= 0.6 is 12.6 Å². The van der Waals surface area contributed by atoms with Gasteiger partial charge in [-0.15, -0.1) is 0 Å². The number of nitrogens with one attached hydrogen (secondary N) is 2. The third-order valence-electron chi connectivity index (χ3n) is 3.11. The molecule has 3 amide bonds. The summed E-state index contributed by atoms with van der Waals surface area (Å²) in [5.74, 6) is -4.98. The molecule has 8 N–H and O–H groups in total. The van der Waals surface area contributed by atoms with Crippen molar-refractivity contribution in [2.75, 3.05) is 5.75 Å². The average molecular weight is 378 g/mol. The van der Waals surface area contributed by atoms with Crippen LogP contribution in [0.1, 0.15) is 25.7 Å². The molecule has 0 aromatic heterocycles. The third kappa shape index (κ3) is 9.52. The Labute approximate surface area is 148 Å². The molecule has 0 saturated heterocycles. The summed E-state index contributed by atoms with van der Waals surface area (Å²) >= 11 is 3.84. The van der Waals surface area contributed by atoms with Gasteiger partial charge in [-0.25, -0.2) is 4.79 Å². The molecule has 0 fully saturated rings. The van der Waals surface area contributed by atoms with Crippen LogP contribution in [-0.4, -0.2) is 63.8 Å². The summed E-state index contributed by atoms with van der Waals surface area (Å²) in [6.45, 7) is 0. The lowest BCUT2D eigenvalue weighted by Gasteiger charge is -2.22. The van der Waals surface area contributed by atoms with Crippen molar-refractivity contribution in [1.29, 1.82) is 0 Å². The van der Waals surface area contributed by atoms with E-state index in [1.165, 1.54) is 0 Å². The van der Waals surface area contributed by atoms with Crippen molar-refractivity contribution < 1.29 is 34.2 Å². The molecule has 0 rings (SSSR count). The fourth-order valence-corrected chi connectivity index (χ4v) is 1.88. The van der Waals surface area contributed by atoms with Crippen LogP contribution < -0.4 is 22.1 Å². The van der Waals surface area contributed by atoms with E-state index in [1.54, 1.807) is 0 Å². The van der Waals surface area contributed by atoms with Crippen LogP contribution in [-0.2, 0) is 24.0 Å². The Bertz CT molecular complexity index is 529. The number of rotatable bonds is 12. The minimum Gasteiger partial charge on any atom is -0.481 e. The quantitative estimate of drug-likeness (QED) is 0.179. The number of carbonyl (C=O) groups excluding carboxylic acids is 3. The number of carboxylic acid groups (broad SMARTS) is 2.